The molecular weight excluding hydrogens is 443 g/mol. The van der Waals surface area contributed by atoms with Gasteiger partial charge in [-0.1, -0.05) is 13.3 Å². The van der Waals surface area contributed by atoms with Crippen LogP contribution in [0.15, 0.2) is 24.8 Å². The van der Waals surface area contributed by atoms with E-state index in [9.17, 15) is 0 Å². The molecule has 7 heteroatoms. The third-order valence-electron chi connectivity index (χ3n) is 5.21. The van der Waals surface area contributed by atoms with E-state index in [0.717, 1.165) is 34.8 Å². The van der Waals surface area contributed by atoms with Crippen LogP contribution in [0.25, 0.3) is 16.8 Å². The molecule has 6 nitrogen and oxygen atoms in total. The summed E-state index contributed by atoms with van der Waals surface area (Å²) in [6.45, 7) is 5.36. The summed E-state index contributed by atoms with van der Waals surface area (Å²) >= 11 is -0.591. The Morgan fingerprint density at radius 1 is 1.15 bits per heavy atom. The monoisotopic (exact) mass is 470 g/mol. The molecule has 3 aromatic heterocycles. The SMILES string of the molecule is CCCCn1ncc(-c2cn(-c3cn[c]([Sn][CH3])nc3)nc2CC2CC2)c1C. The molecule has 1 saturated carbocycles. The van der Waals surface area contributed by atoms with Gasteiger partial charge < -0.3 is 0 Å². The van der Waals surface area contributed by atoms with Crippen molar-refractivity contribution in [2.24, 2.45) is 5.92 Å². The predicted octanol–water partition coefficient (Wildman–Crippen LogP) is 2.96. The zero-order chi connectivity index (χ0) is 18.8. The molecule has 0 bridgehead atoms. The summed E-state index contributed by atoms with van der Waals surface area (Å²) in [5.41, 5.74) is 5.74. The minimum absolute atomic E-state index is 0.591. The molecular formula is C20H26N6Sn. The van der Waals surface area contributed by atoms with E-state index in [1.807, 2.05) is 23.3 Å². The molecule has 0 aliphatic heterocycles. The molecule has 0 amide bonds. The summed E-state index contributed by atoms with van der Waals surface area (Å²) in [4.78, 5) is 11.2. The number of unbranched alkanes of at least 4 members (excludes halogenated alkanes) is 1. The van der Waals surface area contributed by atoms with Crippen molar-refractivity contribution in [3.8, 4) is 16.8 Å². The van der Waals surface area contributed by atoms with Crippen LogP contribution >= 0.6 is 0 Å². The quantitative estimate of drug-likeness (QED) is 0.477. The van der Waals surface area contributed by atoms with Crippen LogP contribution in [0.5, 0.6) is 0 Å². The topological polar surface area (TPSA) is 61.4 Å². The van der Waals surface area contributed by atoms with E-state index in [1.54, 1.807) is 0 Å². The summed E-state index contributed by atoms with van der Waals surface area (Å²) in [6, 6.07) is 0. The van der Waals surface area contributed by atoms with Crippen molar-refractivity contribution in [2.45, 2.75) is 57.4 Å². The molecule has 3 aromatic rings. The zero-order valence-corrected chi connectivity index (χ0v) is 19.2. The Morgan fingerprint density at radius 2 is 1.93 bits per heavy atom. The fraction of sp³-hybridized carbons (Fsp3) is 0.500. The Bertz CT molecular complexity index is 907. The molecule has 27 heavy (non-hydrogen) atoms. The molecule has 0 atom stereocenters. The number of rotatable bonds is 8. The Hall–Kier alpha value is -1.70. The first-order valence-electron chi connectivity index (χ1n) is 9.81. The number of hydrogen-bond donors (Lipinski definition) is 0. The second-order valence-electron chi connectivity index (χ2n) is 7.32. The Balaban J connectivity index is 1.70. The Labute approximate surface area is 170 Å². The van der Waals surface area contributed by atoms with Gasteiger partial charge in [-0.05, 0) is 0 Å². The van der Waals surface area contributed by atoms with Crippen molar-refractivity contribution in [3.05, 3.63) is 36.2 Å². The van der Waals surface area contributed by atoms with Gasteiger partial charge in [0.1, 0.15) is 0 Å². The van der Waals surface area contributed by atoms with Crippen LogP contribution in [0.3, 0.4) is 0 Å². The van der Waals surface area contributed by atoms with Crippen LogP contribution in [-0.4, -0.2) is 50.7 Å². The predicted molar refractivity (Wildman–Crippen MR) is 108 cm³/mol. The van der Waals surface area contributed by atoms with Crippen molar-refractivity contribution in [1.29, 1.82) is 0 Å². The van der Waals surface area contributed by atoms with Crippen LogP contribution < -0.4 is 3.84 Å². The van der Waals surface area contributed by atoms with Gasteiger partial charge in [-0.25, -0.2) is 0 Å². The minimum atomic E-state index is -0.591. The van der Waals surface area contributed by atoms with E-state index in [4.69, 9.17) is 5.10 Å². The van der Waals surface area contributed by atoms with Crippen LogP contribution in [-0.2, 0) is 13.0 Å². The summed E-state index contributed by atoms with van der Waals surface area (Å²) in [5, 5.41) is 9.55. The second kappa shape index (κ2) is 8.12. The van der Waals surface area contributed by atoms with Gasteiger partial charge >= 0.3 is 158 Å². The molecule has 1 aliphatic carbocycles. The van der Waals surface area contributed by atoms with Crippen molar-refractivity contribution in [2.75, 3.05) is 0 Å². The molecule has 0 unspecified atom stereocenters. The summed E-state index contributed by atoms with van der Waals surface area (Å²) in [5.74, 6) is 0.786. The van der Waals surface area contributed by atoms with E-state index >= 15 is 0 Å². The number of hydrogen-bond acceptors (Lipinski definition) is 4. The van der Waals surface area contributed by atoms with Gasteiger partial charge in [-0.3, -0.25) is 0 Å². The van der Waals surface area contributed by atoms with Gasteiger partial charge in [0.25, 0.3) is 0 Å². The summed E-state index contributed by atoms with van der Waals surface area (Å²) in [6.07, 6.45) is 14.0. The second-order valence-corrected chi connectivity index (χ2v) is 10.0. The molecule has 1 aliphatic rings. The van der Waals surface area contributed by atoms with Crippen LogP contribution in [0.1, 0.15) is 44.0 Å². The van der Waals surface area contributed by atoms with Gasteiger partial charge in [0.15, 0.2) is 0 Å². The standard InChI is InChI=1S/C19H23N6.CH3.Sn/c1-3-4-7-24-14(2)17(11-22-24)18-12-25(16-9-20-13-21-10-16)23-19(18)8-15-5-6-15;;/h9-12,15H,3-8H2,1-2H3;1H3;. The first kappa shape index (κ1) is 18.7. The maximum absolute atomic E-state index is 4.92. The van der Waals surface area contributed by atoms with Gasteiger partial charge in [-0.2, -0.15) is 0 Å². The molecule has 3 heterocycles. The molecule has 0 N–H and O–H groups in total. The first-order valence-corrected chi connectivity index (χ1v) is 14.1. The van der Waals surface area contributed by atoms with E-state index in [-0.39, 0.29) is 0 Å². The molecule has 1 fully saturated rings. The summed E-state index contributed by atoms with van der Waals surface area (Å²) < 4.78 is 5.10. The van der Waals surface area contributed by atoms with E-state index < -0.39 is 21.1 Å². The number of nitrogens with zero attached hydrogens (tertiary/aromatic N) is 6. The molecule has 140 valence electrons. The normalized spacial score (nSPS) is 14.0. The van der Waals surface area contributed by atoms with Crippen molar-refractivity contribution in [1.82, 2.24) is 29.5 Å². The van der Waals surface area contributed by atoms with Crippen molar-refractivity contribution >= 4 is 25.0 Å². The van der Waals surface area contributed by atoms with E-state index in [1.165, 1.54) is 41.8 Å². The molecule has 0 spiro atoms. The Kier molecular flexibility index (Phi) is 5.61. The maximum atomic E-state index is 4.92. The average Bonchev–Trinajstić information content (AvgIpc) is 3.31. The van der Waals surface area contributed by atoms with Crippen molar-refractivity contribution in [3.63, 3.8) is 0 Å². The van der Waals surface area contributed by atoms with Crippen LogP contribution in [0, 0.1) is 12.8 Å². The number of aromatic nitrogens is 6. The molecule has 4 rings (SSSR count). The van der Waals surface area contributed by atoms with Crippen molar-refractivity contribution < 1.29 is 0 Å². The zero-order valence-electron chi connectivity index (χ0n) is 16.3. The van der Waals surface area contributed by atoms with E-state index in [2.05, 4.69) is 44.7 Å². The third-order valence-corrected chi connectivity index (χ3v) is 7.23. The Morgan fingerprint density at radius 3 is 2.59 bits per heavy atom. The fourth-order valence-corrected chi connectivity index (χ4v) is 4.43. The molecule has 0 aromatic carbocycles. The number of aryl methyl sites for hydroxylation is 1. The van der Waals surface area contributed by atoms with Gasteiger partial charge in [0, 0.05) is 0 Å². The average molecular weight is 469 g/mol. The molecule has 2 radical (unpaired) electrons. The summed E-state index contributed by atoms with van der Waals surface area (Å²) in [7, 11) is 0. The van der Waals surface area contributed by atoms with Gasteiger partial charge in [-0.15, -0.1) is 0 Å². The fourth-order valence-electron chi connectivity index (χ4n) is 3.33. The van der Waals surface area contributed by atoms with Gasteiger partial charge in [0.2, 0.25) is 0 Å². The first-order chi connectivity index (χ1) is 13.2. The third kappa shape index (κ3) is 4.10. The van der Waals surface area contributed by atoms with E-state index in [0.29, 0.717) is 0 Å². The van der Waals surface area contributed by atoms with Crippen LogP contribution in [0.4, 0.5) is 0 Å². The van der Waals surface area contributed by atoms with Gasteiger partial charge in [0.05, 0.1) is 0 Å². The molecule has 0 saturated heterocycles. The van der Waals surface area contributed by atoms with Crippen LogP contribution in [0.2, 0.25) is 4.94 Å².